The first-order chi connectivity index (χ1) is 17.5. The molecule has 0 bridgehead atoms. The summed E-state index contributed by atoms with van der Waals surface area (Å²) in [6.45, 7) is 4.29. The predicted molar refractivity (Wildman–Crippen MR) is 132 cm³/mol. The number of hydrogen-bond acceptors (Lipinski definition) is 7. The molecule has 2 heterocycles. The van der Waals surface area contributed by atoms with Gasteiger partial charge >= 0.3 is 39.0 Å². The third-order valence-corrected chi connectivity index (χ3v) is 3.28. The van der Waals surface area contributed by atoms with Crippen molar-refractivity contribution in [3.8, 4) is 40.7 Å². The molecule has 0 N–H and O–H groups in total. The Labute approximate surface area is 235 Å². The Morgan fingerprint density at radius 1 is 0.744 bits per heavy atom. The molecule has 0 spiro atoms. The Morgan fingerprint density at radius 2 is 1.05 bits per heavy atom. The molecular formula is C24H23F6N5O2OsP-. The van der Waals surface area contributed by atoms with Crippen LogP contribution < -0.4 is 0 Å². The number of halogens is 6. The van der Waals surface area contributed by atoms with E-state index in [1.54, 1.807) is 42.7 Å². The van der Waals surface area contributed by atoms with Crippen molar-refractivity contribution < 1.29 is 54.5 Å². The summed E-state index contributed by atoms with van der Waals surface area (Å²) in [5, 5.41) is 22.0. The third kappa shape index (κ3) is 24.2. The van der Waals surface area contributed by atoms with Crippen LogP contribution in [0, 0.1) is 34.0 Å². The molecule has 15 heteroatoms. The first kappa shape index (κ1) is 39.6. The second-order valence-corrected chi connectivity index (χ2v) is 8.27. The molecule has 0 radical (unpaired) electrons. The molecule has 0 aliphatic carbocycles. The zero-order chi connectivity index (χ0) is 29.9. The van der Waals surface area contributed by atoms with E-state index in [2.05, 4.69) is 9.97 Å². The number of aromatic nitrogens is 2. The van der Waals surface area contributed by atoms with Crippen LogP contribution in [0.2, 0.25) is 0 Å². The fourth-order valence-electron chi connectivity index (χ4n) is 2.23. The Morgan fingerprint density at radius 3 is 1.28 bits per heavy atom. The summed E-state index contributed by atoms with van der Waals surface area (Å²) in [5.74, 6) is -0.380. The number of hydrogen-bond donors (Lipinski definition) is 0. The molecule has 0 amide bonds. The van der Waals surface area contributed by atoms with Gasteiger partial charge in [0.2, 0.25) is 0 Å². The molecule has 2 aromatic heterocycles. The Hall–Kier alpha value is -3.89. The van der Waals surface area contributed by atoms with Gasteiger partial charge in [0.05, 0.1) is 42.3 Å². The van der Waals surface area contributed by atoms with E-state index < -0.39 is 7.81 Å². The van der Waals surface area contributed by atoms with Crippen molar-refractivity contribution >= 4 is 13.8 Å². The van der Waals surface area contributed by atoms with Gasteiger partial charge in [-0.3, -0.25) is 9.97 Å². The first-order valence-corrected chi connectivity index (χ1v) is 12.1. The molecular weight excluding hydrogens is 725 g/mol. The van der Waals surface area contributed by atoms with Crippen molar-refractivity contribution in [1.29, 1.82) is 15.8 Å². The normalized spacial score (nSPS) is 10.5. The number of pyridine rings is 2. The molecule has 212 valence electrons. The second-order valence-electron chi connectivity index (χ2n) is 6.35. The van der Waals surface area contributed by atoms with E-state index in [0.29, 0.717) is 5.56 Å². The van der Waals surface area contributed by atoms with Crippen LogP contribution in [0.25, 0.3) is 22.5 Å². The van der Waals surface area contributed by atoms with Gasteiger partial charge in [0.25, 0.3) is 0 Å². The molecule has 7 nitrogen and oxygen atoms in total. The molecule has 0 fully saturated rings. The van der Waals surface area contributed by atoms with Crippen LogP contribution in [-0.4, -0.2) is 23.0 Å². The van der Waals surface area contributed by atoms with Crippen molar-refractivity contribution in [2.75, 3.05) is 7.11 Å². The van der Waals surface area contributed by atoms with Crippen LogP contribution in [0.4, 0.5) is 25.2 Å². The predicted octanol–water partition coefficient (Wildman–Crippen LogP) is 8.57. The maximum atomic E-state index is 11.9. The molecule has 39 heavy (non-hydrogen) atoms. The van der Waals surface area contributed by atoms with E-state index in [4.69, 9.17) is 20.5 Å². The standard InChI is InChI=1S/C18H14N2O2.3C2H3N.F6P.Os/c1-22-18(21)15-11-13(16-6-2-4-8-19-16)10-14(12-15)17-7-3-5-9-20-17;3*1-2-3;1-7(2,3,4,5)6;/h2-12H,1H3;3*1H3;;/q;;;;-1;. The number of rotatable bonds is 3. The minimum Gasteiger partial charge on any atom is 0 e. The summed E-state index contributed by atoms with van der Waals surface area (Å²) in [6.07, 6.45) is 3.45. The Kier molecular flexibility index (Phi) is 17.9. The molecule has 0 saturated carbocycles. The average Bonchev–Trinajstić information content (AvgIpc) is 2.84. The van der Waals surface area contributed by atoms with Gasteiger partial charge < -0.3 is 4.74 Å². The maximum absolute atomic E-state index is 11.9. The molecule has 0 aliphatic heterocycles. The van der Waals surface area contributed by atoms with Gasteiger partial charge in [-0.15, -0.1) is 0 Å². The summed E-state index contributed by atoms with van der Waals surface area (Å²) < 4.78 is 64.0. The molecule has 0 aliphatic rings. The van der Waals surface area contributed by atoms with Gasteiger partial charge in [-0.05, 0) is 42.5 Å². The first-order valence-electron chi connectivity index (χ1n) is 10.0. The molecule has 0 atom stereocenters. The van der Waals surface area contributed by atoms with Crippen molar-refractivity contribution in [3.63, 3.8) is 0 Å². The SMILES string of the molecule is CC#N.CC#N.CC#N.COC(=O)c1cc(-c2ccccn2)cc(-c2ccccn2)c1.F[P-](F)(F)(F)(F)F.[Os]. The van der Waals surface area contributed by atoms with E-state index in [1.807, 2.05) is 42.5 Å². The van der Waals surface area contributed by atoms with E-state index in [1.165, 1.54) is 27.9 Å². The minimum absolute atomic E-state index is 0. The van der Waals surface area contributed by atoms with Crippen molar-refractivity contribution in [2.24, 2.45) is 0 Å². The summed E-state index contributed by atoms with van der Waals surface area (Å²) >= 11 is 0. The number of ether oxygens (including phenoxy) is 1. The van der Waals surface area contributed by atoms with Gasteiger partial charge in [0.15, 0.2) is 0 Å². The summed E-state index contributed by atoms with van der Waals surface area (Å²) in [6, 6.07) is 22.1. The van der Waals surface area contributed by atoms with E-state index in [0.717, 1.165) is 22.5 Å². The summed E-state index contributed by atoms with van der Waals surface area (Å²) in [4.78, 5) is 20.6. The number of carbonyl (C=O) groups is 1. The van der Waals surface area contributed by atoms with Crippen molar-refractivity contribution in [1.82, 2.24) is 9.97 Å². The number of benzene rings is 1. The molecule has 3 aromatic rings. The average molecular weight is 749 g/mol. The Bertz CT molecular complexity index is 1180. The maximum Gasteiger partial charge on any atom is 0 e. The number of methoxy groups -OCH3 is 1. The number of esters is 1. The van der Waals surface area contributed by atoms with Crippen LogP contribution in [0.3, 0.4) is 0 Å². The van der Waals surface area contributed by atoms with E-state index in [-0.39, 0.29) is 25.8 Å². The van der Waals surface area contributed by atoms with Gasteiger partial charge in [-0.25, -0.2) is 4.79 Å². The monoisotopic (exact) mass is 750 g/mol. The zero-order valence-corrected chi connectivity index (χ0v) is 24.4. The largest absolute Gasteiger partial charge is 0 e. The molecule has 3 rings (SSSR count). The van der Waals surface area contributed by atoms with Gasteiger partial charge in [0, 0.05) is 64.1 Å². The van der Waals surface area contributed by atoms with Crippen molar-refractivity contribution in [2.45, 2.75) is 20.8 Å². The summed E-state index contributed by atoms with van der Waals surface area (Å²) in [5.41, 5.74) is 3.77. The fourth-order valence-corrected chi connectivity index (χ4v) is 2.23. The Balaban J connectivity index is -0.000000636. The van der Waals surface area contributed by atoms with Crippen molar-refractivity contribution in [3.05, 3.63) is 72.6 Å². The number of nitriles is 3. The smallest absolute Gasteiger partial charge is 0 e. The fraction of sp³-hybridized carbons (Fsp3) is 0.167. The topological polar surface area (TPSA) is 123 Å². The zero-order valence-electron chi connectivity index (χ0n) is 21.0. The van der Waals surface area contributed by atoms with Crippen LogP contribution in [0.1, 0.15) is 31.1 Å². The summed E-state index contributed by atoms with van der Waals surface area (Å²) in [7, 11) is -9.29. The number of carbonyl (C=O) groups excluding carboxylic acids is 1. The molecule has 0 saturated heterocycles. The van der Waals surface area contributed by atoms with Crippen LogP contribution in [-0.2, 0) is 24.5 Å². The van der Waals surface area contributed by atoms with E-state index in [9.17, 15) is 30.0 Å². The number of nitrogens with zero attached hydrogens (tertiary/aromatic N) is 5. The van der Waals surface area contributed by atoms with Gasteiger partial charge in [-0.2, -0.15) is 15.8 Å². The molecule has 1 aromatic carbocycles. The van der Waals surface area contributed by atoms with Crippen LogP contribution >= 0.6 is 7.81 Å². The minimum atomic E-state index is -10.7. The molecule has 0 unspecified atom stereocenters. The van der Waals surface area contributed by atoms with Crippen LogP contribution in [0.5, 0.6) is 0 Å². The quantitative estimate of drug-likeness (QED) is 0.149. The second kappa shape index (κ2) is 17.6. The third-order valence-electron chi connectivity index (χ3n) is 3.28. The van der Waals surface area contributed by atoms with E-state index >= 15 is 0 Å². The van der Waals surface area contributed by atoms with Gasteiger partial charge in [0.1, 0.15) is 0 Å². The van der Waals surface area contributed by atoms with Crippen LogP contribution in [0.15, 0.2) is 67.0 Å². The van der Waals surface area contributed by atoms with Gasteiger partial charge in [-0.1, -0.05) is 12.1 Å².